The second kappa shape index (κ2) is 8.32. The Bertz CT molecular complexity index is 415. The van der Waals surface area contributed by atoms with Crippen LogP contribution in [0.15, 0.2) is 29.2 Å². The molecule has 0 radical (unpaired) electrons. The van der Waals surface area contributed by atoms with Gasteiger partial charge >= 0.3 is 0 Å². The van der Waals surface area contributed by atoms with Gasteiger partial charge in [-0.15, -0.1) is 11.8 Å². The van der Waals surface area contributed by atoms with Crippen LogP contribution < -0.4 is 10.6 Å². The molecule has 110 valence electrons. The first kappa shape index (κ1) is 15.4. The molecule has 1 saturated carbocycles. The van der Waals surface area contributed by atoms with Crippen molar-refractivity contribution < 1.29 is 4.79 Å². The van der Waals surface area contributed by atoms with Crippen molar-refractivity contribution in [1.82, 2.24) is 10.6 Å². The maximum Gasteiger partial charge on any atom is 0.230 e. The number of hydrogen-bond donors (Lipinski definition) is 2. The number of rotatable bonds is 9. The molecule has 1 aromatic rings. The molecule has 0 unspecified atom stereocenters. The Balaban J connectivity index is 1.65. The predicted octanol–water partition coefficient (Wildman–Crippen LogP) is 2.80. The van der Waals surface area contributed by atoms with Gasteiger partial charge in [0.2, 0.25) is 5.91 Å². The fraction of sp³-hybridized carbons (Fsp3) is 0.562. The molecular weight excluding hydrogens is 268 g/mol. The van der Waals surface area contributed by atoms with Gasteiger partial charge in [-0.2, -0.15) is 0 Å². The molecule has 4 heteroatoms. The molecule has 3 nitrogen and oxygen atoms in total. The Labute approximate surface area is 125 Å². The van der Waals surface area contributed by atoms with Gasteiger partial charge in [0.15, 0.2) is 0 Å². The summed E-state index contributed by atoms with van der Waals surface area (Å²) in [7, 11) is 0. The van der Waals surface area contributed by atoms with Gasteiger partial charge in [0.1, 0.15) is 0 Å². The van der Waals surface area contributed by atoms with Gasteiger partial charge in [-0.1, -0.05) is 19.1 Å². The Kier molecular flexibility index (Phi) is 6.40. The normalized spacial score (nSPS) is 14.2. The minimum absolute atomic E-state index is 0.149. The lowest BCUT2D eigenvalue weighted by molar-refractivity contribution is -0.118. The van der Waals surface area contributed by atoms with Gasteiger partial charge in [0, 0.05) is 18.0 Å². The number of hydrogen-bond acceptors (Lipinski definition) is 3. The lowest BCUT2D eigenvalue weighted by Gasteiger charge is -2.06. The zero-order chi connectivity index (χ0) is 14.2. The summed E-state index contributed by atoms with van der Waals surface area (Å²) in [6.45, 7) is 5.00. The summed E-state index contributed by atoms with van der Waals surface area (Å²) in [5.41, 5.74) is 1.29. The van der Waals surface area contributed by atoms with E-state index in [0.29, 0.717) is 5.75 Å². The summed E-state index contributed by atoms with van der Waals surface area (Å²) in [6, 6.07) is 8.46. The van der Waals surface area contributed by atoms with Crippen molar-refractivity contribution >= 4 is 17.7 Å². The third-order valence-electron chi connectivity index (χ3n) is 3.33. The molecule has 20 heavy (non-hydrogen) atoms. The lowest BCUT2D eigenvalue weighted by atomic mass is 10.2. The first-order valence-electron chi connectivity index (χ1n) is 7.47. The first-order chi connectivity index (χ1) is 9.78. The van der Waals surface area contributed by atoms with E-state index < -0.39 is 0 Å². The Hall–Kier alpha value is -1.00. The van der Waals surface area contributed by atoms with Gasteiger partial charge in [0.05, 0.1) is 5.75 Å². The number of carbonyl (C=O) groups is 1. The van der Waals surface area contributed by atoms with E-state index in [4.69, 9.17) is 0 Å². The number of thioether (sulfide) groups is 1. The molecule has 0 saturated heterocycles. The van der Waals surface area contributed by atoms with Gasteiger partial charge in [-0.05, 0) is 49.4 Å². The zero-order valence-electron chi connectivity index (χ0n) is 12.2. The lowest BCUT2D eigenvalue weighted by Crippen LogP contribution is -2.27. The van der Waals surface area contributed by atoms with Crippen molar-refractivity contribution in [1.29, 1.82) is 0 Å². The van der Waals surface area contributed by atoms with Crippen molar-refractivity contribution in [3.8, 4) is 0 Å². The van der Waals surface area contributed by atoms with Gasteiger partial charge in [0.25, 0.3) is 0 Å². The maximum atomic E-state index is 11.6. The average molecular weight is 292 g/mol. The highest BCUT2D eigenvalue weighted by molar-refractivity contribution is 8.00. The highest BCUT2D eigenvalue weighted by Gasteiger charge is 2.21. The molecule has 1 aliphatic rings. The quantitative estimate of drug-likeness (QED) is 0.543. The van der Waals surface area contributed by atoms with Crippen LogP contribution in [0.2, 0.25) is 0 Å². The molecule has 1 fully saturated rings. The fourth-order valence-electron chi connectivity index (χ4n) is 1.89. The molecule has 2 N–H and O–H groups in total. The monoisotopic (exact) mass is 292 g/mol. The number of benzene rings is 1. The molecule has 0 bridgehead atoms. The van der Waals surface area contributed by atoms with Gasteiger partial charge in [-0.3, -0.25) is 4.79 Å². The van der Waals surface area contributed by atoms with Crippen molar-refractivity contribution in [3.05, 3.63) is 29.8 Å². The largest absolute Gasteiger partial charge is 0.355 e. The summed E-state index contributed by atoms with van der Waals surface area (Å²) in [5.74, 6) is 1.41. The van der Waals surface area contributed by atoms with Crippen LogP contribution in [0.5, 0.6) is 0 Å². The average Bonchev–Trinajstić information content (AvgIpc) is 3.29. The highest BCUT2D eigenvalue weighted by atomic mass is 32.2. The van der Waals surface area contributed by atoms with Crippen LogP contribution in [0.25, 0.3) is 0 Å². The number of nitrogens with one attached hydrogen (secondary N) is 2. The molecule has 1 aliphatic carbocycles. The summed E-state index contributed by atoms with van der Waals surface area (Å²) in [4.78, 5) is 12.8. The van der Waals surface area contributed by atoms with Gasteiger partial charge in [-0.25, -0.2) is 0 Å². The summed E-state index contributed by atoms with van der Waals surface area (Å²) in [5, 5.41) is 6.37. The van der Waals surface area contributed by atoms with Crippen LogP contribution in [0.1, 0.15) is 31.7 Å². The molecule has 1 aromatic carbocycles. The molecule has 0 atom stereocenters. The number of amides is 1. The second-order valence-corrected chi connectivity index (χ2v) is 6.41. The third-order valence-corrected chi connectivity index (χ3v) is 4.35. The number of carbonyl (C=O) groups excluding carboxylic acids is 1. The van der Waals surface area contributed by atoms with Crippen LogP contribution in [0.3, 0.4) is 0 Å². The topological polar surface area (TPSA) is 41.1 Å². The molecule has 1 amide bonds. The molecule has 0 heterocycles. The fourth-order valence-corrected chi connectivity index (χ4v) is 2.62. The molecule has 0 aliphatic heterocycles. The van der Waals surface area contributed by atoms with E-state index in [0.717, 1.165) is 36.9 Å². The molecule has 2 rings (SSSR count). The van der Waals surface area contributed by atoms with E-state index in [1.165, 1.54) is 18.4 Å². The van der Waals surface area contributed by atoms with Crippen molar-refractivity contribution in [2.24, 2.45) is 5.92 Å². The standard InChI is InChI=1S/C16H24N2OS/c1-2-9-17-10-13-5-7-15(8-6-13)20-12-16(19)18-11-14-3-4-14/h5-8,14,17H,2-4,9-12H2,1H3,(H,18,19). The van der Waals surface area contributed by atoms with Crippen molar-refractivity contribution in [3.63, 3.8) is 0 Å². The molecule has 0 aromatic heterocycles. The van der Waals surface area contributed by atoms with Crippen LogP contribution in [-0.4, -0.2) is 24.7 Å². The van der Waals surface area contributed by atoms with E-state index in [9.17, 15) is 4.79 Å². The maximum absolute atomic E-state index is 11.6. The Morgan fingerprint density at radius 3 is 2.70 bits per heavy atom. The Morgan fingerprint density at radius 2 is 2.05 bits per heavy atom. The van der Waals surface area contributed by atoms with E-state index in [2.05, 4.69) is 41.8 Å². The van der Waals surface area contributed by atoms with E-state index in [1.807, 2.05) is 0 Å². The summed E-state index contributed by atoms with van der Waals surface area (Å²) in [6.07, 6.45) is 3.71. The van der Waals surface area contributed by atoms with Crippen LogP contribution in [-0.2, 0) is 11.3 Å². The van der Waals surface area contributed by atoms with Crippen molar-refractivity contribution in [2.75, 3.05) is 18.8 Å². The second-order valence-electron chi connectivity index (χ2n) is 5.36. The molecular formula is C16H24N2OS. The van der Waals surface area contributed by atoms with E-state index in [1.54, 1.807) is 11.8 Å². The highest BCUT2D eigenvalue weighted by Crippen LogP contribution is 2.27. The van der Waals surface area contributed by atoms with Gasteiger partial charge < -0.3 is 10.6 Å². The predicted molar refractivity (Wildman–Crippen MR) is 84.9 cm³/mol. The van der Waals surface area contributed by atoms with Crippen LogP contribution >= 0.6 is 11.8 Å². The minimum Gasteiger partial charge on any atom is -0.355 e. The third kappa shape index (κ3) is 5.97. The SMILES string of the molecule is CCCNCc1ccc(SCC(=O)NCC2CC2)cc1. The van der Waals surface area contributed by atoms with E-state index >= 15 is 0 Å². The zero-order valence-corrected chi connectivity index (χ0v) is 13.0. The summed E-state index contributed by atoms with van der Waals surface area (Å²) >= 11 is 1.61. The smallest absolute Gasteiger partial charge is 0.230 e. The Morgan fingerprint density at radius 1 is 1.30 bits per heavy atom. The van der Waals surface area contributed by atoms with Crippen LogP contribution in [0.4, 0.5) is 0 Å². The molecule has 0 spiro atoms. The summed E-state index contributed by atoms with van der Waals surface area (Å²) < 4.78 is 0. The minimum atomic E-state index is 0.149. The van der Waals surface area contributed by atoms with E-state index in [-0.39, 0.29) is 5.91 Å². The van der Waals surface area contributed by atoms with Crippen molar-refractivity contribution in [2.45, 2.75) is 37.6 Å². The van der Waals surface area contributed by atoms with Crippen LogP contribution in [0, 0.1) is 5.92 Å². The first-order valence-corrected chi connectivity index (χ1v) is 8.45.